The number of pyridine rings is 1. The van der Waals surface area contributed by atoms with Crippen molar-refractivity contribution in [2.75, 3.05) is 11.1 Å². The number of amides is 1. The van der Waals surface area contributed by atoms with E-state index in [-0.39, 0.29) is 18.4 Å². The number of carbonyl (C=O) groups is 1. The molecule has 1 unspecified atom stereocenters. The lowest BCUT2D eigenvalue weighted by Gasteiger charge is -2.12. The lowest BCUT2D eigenvalue weighted by atomic mass is 10.2. The van der Waals surface area contributed by atoms with Gasteiger partial charge in [-0.25, -0.2) is 4.98 Å². The van der Waals surface area contributed by atoms with E-state index in [0.29, 0.717) is 16.7 Å². The molecule has 1 aromatic heterocycles. The standard InChI is InChI=1S/C9H13ClN4O/c1-5(2-8(12)15)13-9-4-6(11)3-7(10)14-9/h3-5H,2H2,1H3,(H2,12,15)(H3,11,13,14). The van der Waals surface area contributed by atoms with E-state index < -0.39 is 0 Å². The molecule has 0 fully saturated rings. The van der Waals surface area contributed by atoms with Crippen LogP contribution in [-0.2, 0) is 4.79 Å². The van der Waals surface area contributed by atoms with Crippen molar-refractivity contribution in [2.45, 2.75) is 19.4 Å². The number of aromatic nitrogens is 1. The number of rotatable bonds is 4. The number of halogens is 1. The molecule has 0 bridgehead atoms. The molecule has 0 saturated carbocycles. The number of nitrogen functional groups attached to an aromatic ring is 1. The van der Waals surface area contributed by atoms with Gasteiger partial charge < -0.3 is 16.8 Å². The second kappa shape index (κ2) is 4.84. The molecular weight excluding hydrogens is 216 g/mol. The number of hydrogen-bond acceptors (Lipinski definition) is 4. The molecule has 6 heteroatoms. The van der Waals surface area contributed by atoms with Gasteiger partial charge >= 0.3 is 0 Å². The van der Waals surface area contributed by atoms with Crippen LogP contribution in [0.5, 0.6) is 0 Å². The summed E-state index contributed by atoms with van der Waals surface area (Å²) in [6.45, 7) is 1.82. The minimum absolute atomic E-state index is 0.104. The van der Waals surface area contributed by atoms with E-state index in [1.807, 2.05) is 6.92 Å². The van der Waals surface area contributed by atoms with Gasteiger partial charge in [0.25, 0.3) is 0 Å². The zero-order chi connectivity index (χ0) is 11.4. The first-order chi connectivity index (χ1) is 6.97. The normalized spacial score (nSPS) is 12.1. The summed E-state index contributed by atoms with van der Waals surface area (Å²) in [4.78, 5) is 14.6. The first-order valence-corrected chi connectivity index (χ1v) is 4.83. The molecule has 0 saturated heterocycles. The Kier molecular flexibility index (Phi) is 3.74. The predicted molar refractivity (Wildman–Crippen MR) is 60.6 cm³/mol. The molecule has 1 heterocycles. The fourth-order valence-electron chi connectivity index (χ4n) is 1.20. The summed E-state index contributed by atoms with van der Waals surface area (Å²) in [6, 6.07) is 3.09. The van der Waals surface area contributed by atoms with E-state index in [4.69, 9.17) is 23.1 Å². The third-order valence-corrected chi connectivity index (χ3v) is 1.91. The van der Waals surface area contributed by atoms with Crippen molar-refractivity contribution < 1.29 is 4.79 Å². The van der Waals surface area contributed by atoms with Crippen LogP contribution in [0.15, 0.2) is 12.1 Å². The van der Waals surface area contributed by atoms with E-state index in [1.165, 1.54) is 0 Å². The molecule has 0 aliphatic heterocycles. The van der Waals surface area contributed by atoms with Crippen LogP contribution in [0.1, 0.15) is 13.3 Å². The van der Waals surface area contributed by atoms with E-state index in [0.717, 1.165) is 0 Å². The van der Waals surface area contributed by atoms with E-state index >= 15 is 0 Å². The number of nitrogens with two attached hydrogens (primary N) is 2. The third kappa shape index (κ3) is 4.03. The van der Waals surface area contributed by atoms with Crippen LogP contribution in [-0.4, -0.2) is 16.9 Å². The molecule has 82 valence electrons. The first kappa shape index (κ1) is 11.6. The van der Waals surface area contributed by atoms with E-state index in [2.05, 4.69) is 10.3 Å². The van der Waals surface area contributed by atoms with Gasteiger partial charge in [0.05, 0.1) is 0 Å². The highest BCUT2D eigenvalue weighted by Gasteiger charge is 2.07. The Morgan fingerprint density at radius 1 is 1.67 bits per heavy atom. The molecule has 0 spiro atoms. The molecule has 0 aliphatic carbocycles. The molecule has 1 amide bonds. The van der Waals surface area contributed by atoms with Crippen LogP contribution in [0.4, 0.5) is 11.5 Å². The second-order valence-corrected chi connectivity index (χ2v) is 3.71. The SMILES string of the molecule is CC(CC(N)=O)Nc1cc(N)cc(Cl)n1. The number of nitrogens with zero attached hydrogens (tertiary/aromatic N) is 1. The van der Waals surface area contributed by atoms with E-state index in [1.54, 1.807) is 12.1 Å². The Hall–Kier alpha value is -1.49. The fourth-order valence-corrected chi connectivity index (χ4v) is 1.41. The Morgan fingerprint density at radius 2 is 2.33 bits per heavy atom. The van der Waals surface area contributed by atoms with Gasteiger partial charge in [0.15, 0.2) is 0 Å². The van der Waals surface area contributed by atoms with E-state index in [9.17, 15) is 4.79 Å². The Bertz CT molecular complexity index is 349. The Balaban J connectivity index is 2.67. The summed E-state index contributed by atoms with van der Waals surface area (Å²) < 4.78 is 0. The third-order valence-electron chi connectivity index (χ3n) is 1.72. The zero-order valence-corrected chi connectivity index (χ0v) is 9.08. The van der Waals surface area contributed by atoms with Gasteiger partial charge in [-0.05, 0) is 13.0 Å². The summed E-state index contributed by atoms with van der Waals surface area (Å²) >= 11 is 5.72. The molecule has 5 N–H and O–H groups in total. The monoisotopic (exact) mass is 228 g/mol. The maximum atomic E-state index is 10.6. The molecule has 0 aromatic carbocycles. The number of primary amides is 1. The van der Waals surface area contributed by atoms with Gasteiger partial charge in [0, 0.05) is 24.2 Å². The highest BCUT2D eigenvalue weighted by Crippen LogP contribution is 2.16. The average molecular weight is 229 g/mol. The minimum Gasteiger partial charge on any atom is -0.399 e. The maximum Gasteiger partial charge on any atom is 0.219 e. The van der Waals surface area contributed by atoms with Gasteiger partial charge in [-0.2, -0.15) is 0 Å². The summed E-state index contributed by atoms with van der Waals surface area (Å²) in [6.07, 6.45) is 0.230. The predicted octanol–water partition coefficient (Wildman–Crippen LogP) is 0.993. The largest absolute Gasteiger partial charge is 0.399 e. The summed E-state index contributed by atoms with van der Waals surface area (Å²) in [5.74, 6) is 0.166. The van der Waals surface area contributed by atoms with Crippen LogP contribution in [0.25, 0.3) is 0 Å². The van der Waals surface area contributed by atoms with Crippen molar-refractivity contribution in [3.05, 3.63) is 17.3 Å². The van der Waals surface area contributed by atoms with Crippen LogP contribution >= 0.6 is 11.6 Å². The lowest BCUT2D eigenvalue weighted by molar-refractivity contribution is -0.118. The quantitative estimate of drug-likeness (QED) is 0.670. The number of nitrogens with one attached hydrogen (secondary N) is 1. The second-order valence-electron chi connectivity index (χ2n) is 3.32. The average Bonchev–Trinajstić information content (AvgIpc) is 1.98. The Labute approximate surface area is 92.8 Å². The lowest BCUT2D eigenvalue weighted by Crippen LogP contribution is -2.24. The molecule has 1 rings (SSSR count). The molecule has 0 radical (unpaired) electrons. The number of carbonyl (C=O) groups excluding carboxylic acids is 1. The van der Waals surface area contributed by atoms with Crippen molar-refractivity contribution >= 4 is 29.0 Å². The van der Waals surface area contributed by atoms with Crippen molar-refractivity contribution in [3.8, 4) is 0 Å². The molecular formula is C9H13ClN4O. The number of hydrogen-bond donors (Lipinski definition) is 3. The maximum absolute atomic E-state index is 10.6. The first-order valence-electron chi connectivity index (χ1n) is 4.45. The molecule has 0 aliphatic rings. The highest BCUT2D eigenvalue weighted by molar-refractivity contribution is 6.29. The summed E-state index contributed by atoms with van der Waals surface area (Å²) in [7, 11) is 0. The minimum atomic E-state index is -0.370. The molecule has 15 heavy (non-hydrogen) atoms. The smallest absolute Gasteiger partial charge is 0.219 e. The molecule has 1 atom stereocenters. The fraction of sp³-hybridized carbons (Fsp3) is 0.333. The summed E-state index contributed by atoms with van der Waals surface area (Å²) in [5, 5.41) is 3.29. The Morgan fingerprint density at radius 3 is 2.87 bits per heavy atom. The van der Waals surface area contributed by atoms with Crippen LogP contribution in [0.3, 0.4) is 0 Å². The van der Waals surface area contributed by atoms with Gasteiger partial charge in [0.2, 0.25) is 5.91 Å². The summed E-state index contributed by atoms with van der Waals surface area (Å²) in [5.41, 5.74) is 11.2. The van der Waals surface area contributed by atoms with Crippen LogP contribution in [0, 0.1) is 0 Å². The molecule has 1 aromatic rings. The van der Waals surface area contributed by atoms with Gasteiger partial charge in [0.1, 0.15) is 11.0 Å². The van der Waals surface area contributed by atoms with Crippen molar-refractivity contribution in [3.63, 3.8) is 0 Å². The number of anilines is 2. The van der Waals surface area contributed by atoms with Crippen molar-refractivity contribution in [2.24, 2.45) is 5.73 Å². The molecule has 5 nitrogen and oxygen atoms in total. The van der Waals surface area contributed by atoms with Crippen LogP contribution < -0.4 is 16.8 Å². The van der Waals surface area contributed by atoms with Crippen LogP contribution in [0.2, 0.25) is 5.15 Å². The van der Waals surface area contributed by atoms with Gasteiger partial charge in [-0.3, -0.25) is 4.79 Å². The van der Waals surface area contributed by atoms with Crippen molar-refractivity contribution in [1.29, 1.82) is 0 Å². The zero-order valence-electron chi connectivity index (χ0n) is 8.33. The van der Waals surface area contributed by atoms with Crippen molar-refractivity contribution in [1.82, 2.24) is 4.98 Å². The highest BCUT2D eigenvalue weighted by atomic mass is 35.5. The van der Waals surface area contributed by atoms with Gasteiger partial charge in [-0.15, -0.1) is 0 Å². The topological polar surface area (TPSA) is 94.0 Å². The van der Waals surface area contributed by atoms with Gasteiger partial charge in [-0.1, -0.05) is 11.6 Å².